The van der Waals surface area contributed by atoms with Crippen molar-refractivity contribution in [3.63, 3.8) is 0 Å². The molecule has 5 heteroatoms. The maximum Gasteiger partial charge on any atom is 0.240 e. The molecule has 2 aromatic rings. The number of hydrogen-bond acceptors (Lipinski definition) is 3. The lowest BCUT2D eigenvalue weighted by Gasteiger charge is -2.22. The fraction of sp³-hybridized carbons (Fsp3) is 0.375. The van der Waals surface area contributed by atoms with Gasteiger partial charge in [-0.05, 0) is 28.8 Å². The SMILES string of the molecule is CCC(C)C(CO)NS(=O)(=O)c1ccc2ccccc2c1. The van der Waals surface area contributed by atoms with Gasteiger partial charge in [0.05, 0.1) is 11.5 Å². The van der Waals surface area contributed by atoms with Crippen LogP contribution in [0.3, 0.4) is 0 Å². The van der Waals surface area contributed by atoms with Crippen molar-refractivity contribution < 1.29 is 13.5 Å². The second kappa shape index (κ2) is 6.56. The highest BCUT2D eigenvalue weighted by Gasteiger charge is 2.23. The Kier molecular flexibility index (Phi) is 4.98. The van der Waals surface area contributed by atoms with Crippen LogP contribution < -0.4 is 4.72 Å². The molecule has 0 bridgehead atoms. The monoisotopic (exact) mass is 307 g/mol. The fourth-order valence-corrected chi connectivity index (χ4v) is 3.59. The van der Waals surface area contributed by atoms with Crippen molar-refractivity contribution >= 4 is 20.8 Å². The minimum Gasteiger partial charge on any atom is -0.395 e. The number of aliphatic hydroxyl groups excluding tert-OH is 1. The number of benzene rings is 2. The third kappa shape index (κ3) is 3.61. The lowest BCUT2D eigenvalue weighted by Crippen LogP contribution is -2.41. The van der Waals surface area contributed by atoms with E-state index >= 15 is 0 Å². The van der Waals surface area contributed by atoms with E-state index in [2.05, 4.69) is 4.72 Å². The van der Waals surface area contributed by atoms with Gasteiger partial charge in [-0.3, -0.25) is 0 Å². The maximum absolute atomic E-state index is 12.4. The van der Waals surface area contributed by atoms with Crippen molar-refractivity contribution in [2.24, 2.45) is 5.92 Å². The van der Waals surface area contributed by atoms with Crippen LogP contribution in [0, 0.1) is 5.92 Å². The van der Waals surface area contributed by atoms with Gasteiger partial charge in [0.2, 0.25) is 10.0 Å². The number of hydrogen-bond donors (Lipinski definition) is 2. The lowest BCUT2D eigenvalue weighted by molar-refractivity contribution is 0.219. The predicted molar refractivity (Wildman–Crippen MR) is 84.6 cm³/mol. The van der Waals surface area contributed by atoms with Crippen LogP contribution in [0.25, 0.3) is 10.8 Å². The van der Waals surface area contributed by atoms with Crippen molar-refractivity contribution in [3.8, 4) is 0 Å². The van der Waals surface area contributed by atoms with E-state index in [4.69, 9.17) is 0 Å². The summed E-state index contributed by atoms with van der Waals surface area (Å²) in [6.07, 6.45) is 0.797. The fourth-order valence-electron chi connectivity index (χ4n) is 2.22. The Morgan fingerprint density at radius 1 is 1.14 bits per heavy atom. The first kappa shape index (κ1) is 15.9. The summed E-state index contributed by atoms with van der Waals surface area (Å²) in [5, 5.41) is 11.3. The van der Waals surface area contributed by atoms with Gasteiger partial charge in [0.15, 0.2) is 0 Å². The van der Waals surface area contributed by atoms with Crippen LogP contribution in [0.4, 0.5) is 0 Å². The standard InChI is InChI=1S/C16H21NO3S/c1-3-12(2)16(11-18)17-21(19,20)15-9-8-13-6-4-5-7-14(13)10-15/h4-10,12,16-18H,3,11H2,1-2H3. The minimum absolute atomic E-state index is 0.0743. The molecule has 2 N–H and O–H groups in total. The molecule has 21 heavy (non-hydrogen) atoms. The van der Waals surface area contributed by atoms with Gasteiger partial charge >= 0.3 is 0 Å². The number of aliphatic hydroxyl groups is 1. The molecule has 2 rings (SSSR count). The van der Waals surface area contributed by atoms with E-state index < -0.39 is 16.1 Å². The van der Waals surface area contributed by atoms with Crippen LogP contribution in [0.2, 0.25) is 0 Å². The second-order valence-electron chi connectivity index (χ2n) is 5.30. The first-order valence-corrected chi connectivity index (χ1v) is 8.58. The molecule has 0 amide bonds. The summed E-state index contributed by atoms with van der Waals surface area (Å²) in [6.45, 7) is 3.68. The Morgan fingerprint density at radius 2 is 1.81 bits per heavy atom. The molecule has 0 fully saturated rings. The van der Waals surface area contributed by atoms with Gasteiger partial charge in [-0.15, -0.1) is 0 Å². The number of nitrogens with one attached hydrogen (secondary N) is 1. The molecule has 0 radical (unpaired) electrons. The van der Waals surface area contributed by atoms with Crippen LogP contribution in [0.15, 0.2) is 47.4 Å². The Bertz CT molecular complexity index is 712. The molecule has 0 saturated heterocycles. The average molecular weight is 307 g/mol. The summed E-state index contributed by atoms with van der Waals surface area (Å²) in [4.78, 5) is 0.225. The first-order valence-electron chi connectivity index (χ1n) is 7.10. The van der Waals surface area contributed by atoms with Crippen molar-refractivity contribution in [1.82, 2.24) is 4.72 Å². The Hall–Kier alpha value is -1.43. The third-order valence-corrected chi connectivity index (χ3v) is 5.35. The Balaban J connectivity index is 2.32. The molecule has 0 aliphatic carbocycles. The highest BCUT2D eigenvalue weighted by Crippen LogP contribution is 2.20. The van der Waals surface area contributed by atoms with Gasteiger partial charge in [-0.2, -0.15) is 0 Å². The summed E-state index contributed by atoms with van der Waals surface area (Å²) in [5.74, 6) is 0.0743. The van der Waals surface area contributed by atoms with Gasteiger partial charge in [0.1, 0.15) is 0 Å². The van der Waals surface area contributed by atoms with Gasteiger partial charge in [0, 0.05) is 6.04 Å². The molecule has 0 aliphatic rings. The number of fused-ring (bicyclic) bond motifs is 1. The Morgan fingerprint density at radius 3 is 2.43 bits per heavy atom. The van der Waals surface area contributed by atoms with Crippen molar-refractivity contribution in [3.05, 3.63) is 42.5 Å². The summed E-state index contributed by atoms with van der Waals surface area (Å²) in [5.41, 5.74) is 0. The molecular formula is C16H21NO3S. The van der Waals surface area contributed by atoms with E-state index in [-0.39, 0.29) is 17.4 Å². The second-order valence-corrected chi connectivity index (χ2v) is 7.02. The van der Waals surface area contributed by atoms with Crippen molar-refractivity contribution in [2.75, 3.05) is 6.61 Å². The summed E-state index contributed by atoms with van der Waals surface area (Å²) >= 11 is 0. The molecule has 2 atom stereocenters. The lowest BCUT2D eigenvalue weighted by atomic mass is 10.0. The smallest absolute Gasteiger partial charge is 0.240 e. The molecule has 2 aromatic carbocycles. The largest absolute Gasteiger partial charge is 0.395 e. The molecule has 114 valence electrons. The maximum atomic E-state index is 12.4. The zero-order valence-electron chi connectivity index (χ0n) is 12.3. The zero-order chi connectivity index (χ0) is 15.5. The average Bonchev–Trinajstić information content (AvgIpc) is 2.51. The Labute approximate surface area is 125 Å². The molecule has 2 unspecified atom stereocenters. The van der Waals surface area contributed by atoms with Gasteiger partial charge in [-0.25, -0.2) is 13.1 Å². The van der Waals surface area contributed by atoms with E-state index in [1.54, 1.807) is 18.2 Å². The van der Waals surface area contributed by atoms with Crippen LogP contribution in [0.1, 0.15) is 20.3 Å². The normalized spacial score (nSPS) is 15.0. The van der Waals surface area contributed by atoms with Gasteiger partial charge in [0.25, 0.3) is 0 Å². The van der Waals surface area contributed by atoms with E-state index in [9.17, 15) is 13.5 Å². The minimum atomic E-state index is -3.63. The zero-order valence-corrected chi connectivity index (χ0v) is 13.1. The van der Waals surface area contributed by atoms with Crippen LogP contribution in [0.5, 0.6) is 0 Å². The highest BCUT2D eigenvalue weighted by molar-refractivity contribution is 7.89. The van der Waals surface area contributed by atoms with E-state index in [1.807, 2.05) is 38.1 Å². The van der Waals surface area contributed by atoms with Crippen molar-refractivity contribution in [2.45, 2.75) is 31.2 Å². The van der Waals surface area contributed by atoms with Crippen LogP contribution in [-0.4, -0.2) is 26.2 Å². The summed E-state index contributed by atoms with van der Waals surface area (Å²) in [6, 6.07) is 12.2. The molecular weight excluding hydrogens is 286 g/mol. The van der Waals surface area contributed by atoms with Crippen LogP contribution >= 0.6 is 0 Å². The third-order valence-electron chi connectivity index (χ3n) is 3.87. The van der Waals surface area contributed by atoms with Gasteiger partial charge in [-0.1, -0.05) is 50.6 Å². The van der Waals surface area contributed by atoms with E-state index in [0.29, 0.717) is 0 Å². The summed E-state index contributed by atoms with van der Waals surface area (Å²) < 4.78 is 27.5. The molecule has 0 heterocycles. The first-order chi connectivity index (χ1) is 9.97. The molecule has 0 spiro atoms. The van der Waals surface area contributed by atoms with Crippen molar-refractivity contribution in [1.29, 1.82) is 0 Å². The van der Waals surface area contributed by atoms with Gasteiger partial charge < -0.3 is 5.11 Å². The molecule has 0 saturated carbocycles. The highest BCUT2D eigenvalue weighted by atomic mass is 32.2. The molecule has 4 nitrogen and oxygen atoms in total. The predicted octanol–water partition coefficient (Wildman–Crippen LogP) is 2.53. The van der Waals surface area contributed by atoms with E-state index in [1.165, 1.54) is 0 Å². The summed E-state index contributed by atoms with van der Waals surface area (Å²) in [7, 11) is -3.63. The number of rotatable bonds is 6. The number of sulfonamides is 1. The van der Waals surface area contributed by atoms with Crippen LogP contribution in [-0.2, 0) is 10.0 Å². The quantitative estimate of drug-likeness (QED) is 0.862. The van der Waals surface area contributed by atoms with E-state index in [0.717, 1.165) is 17.2 Å². The molecule has 0 aliphatic heterocycles. The topological polar surface area (TPSA) is 66.4 Å². The molecule has 0 aromatic heterocycles.